The quantitative estimate of drug-likeness (QED) is 0.754. The molecule has 5 nitrogen and oxygen atoms in total. The van der Waals surface area contributed by atoms with Gasteiger partial charge in [-0.05, 0) is 43.5 Å². The predicted octanol–water partition coefficient (Wildman–Crippen LogP) is 3.31. The molecule has 0 spiro atoms. The fourth-order valence-corrected chi connectivity index (χ4v) is 3.54. The molecule has 0 unspecified atom stereocenters. The van der Waals surface area contributed by atoms with Crippen molar-refractivity contribution in [3.63, 3.8) is 0 Å². The van der Waals surface area contributed by atoms with E-state index in [9.17, 15) is 15.0 Å². The molecule has 0 radical (unpaired) electrons. The van der Waals surface area contributed by atoms with Crippen LogP contribution in [0.5, 0.6) is 11.5 Å². The van der Waals surface area contributed by atoms with E-state index < -0.39 is 0 Å². The number of aromatic hydroxyl groups is 2. The normalized spacial score (nSPS) is 11.1. The van der Waals surface area contributed by atoms with Gasteiger partial charge in [0.1, 0.15) is 16.5 Å². The molecule has 0 bridgehead atoms. The summed E-state index contributed by atoms with van der Waals surface area (Å²) in [5.74, 6) is -0.0710. The van der Waals surface area contributed by atoms with Crippen molar-refractivity contribution in [1.29, 1.82) is 0 Å². The third kappa shape index (κ3) is 2.66. The number of hydrogen-bond donors (Lipinski definition) is 2. The number of hydrogen-bond acceptors (Lipinski definition) is 6. The van der Waals surface area contributed by atoms with Crippen molar-refractivity contribution in [2.75, 3.05) is 0 Å². The van der Waals surface area contributed by atoms with Gasteiger partial charge in [0.25, 0.3) is 0 Å². The number of phenolic OH excluding ortho intramolecular Hbond substituents is 2. The Hall–Kier alpha value is -2.47. The van der Waals surface area contributed by atoms with Gasteiger partial charge in [0.05, 0.1) is 10.9 Å². The van der Waals surface area contributed by atoms with Gasteiger partial charge in [-0.3, -0.25) is 4.79 Å². The lowest BCUT2D eigenvalue weighted by atomic mass is 10.1. The van der Waals surface area contributed by atoms with E-state index in [0.29, 0.717) is 33.6 Å². The molecule has 0 atom stereocenters. The van der Waals surface area contributed by atoms with Crippen LogP contribution in [0.4, 0.5) is 0 Å². The van der Waals surface area contributed by atoms with Gasteiger partial charge in [0.15, 0.2) is 5.65 Å². The Labute approximate surface area is 136 Å². The van der Waals surface area contributed by atoms with Crippen LogP contribution in [0.25, 0.3) is 21.6 Å². The molecular weight excluding hydrogens is 312 g/mol. The zero-order chi connectivity index (χ0) is 16.7. The summed E-state index contributed by atoms with van der Waals surface area (Å²) in [6.45, 7) is 5.61. The van der Waals surface area contributed by atoms with Crippen LogP contribution in [0.3, 0.4) is 0 Å². The van der Waals surface area contributed by atoms with E-state index in [4.69, 9.17) is 0 Å². The van der Waals surface area contributed by atoms with Gasteiger partial charge < -0.3 is 10.2 Å². The maximum Gasteiger partial charge on any atom is 0.245 e. The van der Waals surface area contributed by atoms with Crippen molar-refractivity contribution in [1.82, 2.24) is 9.97 Å². The number of aromatic nitrogens is 2. The van der Waals surface area contributed by atoms with Gasteiger partial charge in [0.2, 0.25) is 4.74 Å². The van der Waals surface area contributed by atoms with Crippen LogP contribution in [0.15, 0.2) is 23.0 Å². The molecule has 1 aromatic carbocycles. The Balaban J connectivity index is 2.32. The smallest absolute Gasteiger partial charge is 0.245 e. The standard InChI is InChI=1S/C17H16N2O3S/c1-4-10-6-11(13(21)7-12(10)20)16-19-15-14(17(22)23-16)8(2)5-9(3)18-15/h5-7,20-21H,4H2,1-3H3. The summed E-state index contributed by atoms with van der Waals surface area (Å²) < 4.78 is -0.138. The number of nitrogens with zero attached hydrogens (tertiary/aromatic N) is 2. The lowest BCUT2D eigenvalue weighted by Gasteiger charge is -2.09. The number of benzene rings is 1. The molecule has 0 saturated heterocycles. The molecule has 2 N–H and O–H groups in total. The van der Waals surface area contributed by atoms with Crippen LogP contribution in [-0.4, -0.2) is 20.2 Å². The van der Waals surface area contributed by atoms with E-state index in [1.807, 2.05) is 26.8 Å². The summed E-state index contributed by atoms with van der Waals surface area (Å²) in [5.41, 5.74) is 3.13. The van der Waals surface area contributed by atoms with Gasteiger partial charge in [-0.25, -0.2) is 9.97 Å². The number of aryl methyl sites for hydroxylation is 3. The second-order valence-corrected chi connectivity index (χ2v) is 6.40. The average molecular weight is 328 g/mol. The van der Waals surface area contributed by atoms with Crippen LogP contribution in [0.2, 0.25) is 0 Å². The molecule has 2 heterocycles. The summed E-state index contributed by atoms with van der Waals surface area (Å²) in [4.78, 5) is 21.2. The van der Waals surface area contributed by atoms with E-state index in [2.05, 4.69) is 9.97 Å². The van der Waals surface area contributed by atoms with Crippen LogP contribution in [0, 0.1) is 13.8 Å². The molecule has 0 aliphatic heterocycles. The Morgan fingerprint density at radius 3 is 2.52 bits per heavy atom. The van der Waals surface area contributed by atoms with E-state index in [-0.39, 0.29) is 16.2 Å². The zero-order valence-corrected chi connectivity index (χ0v) is 13.9. The van der Waals surface area contributed by atoms with E-state index in [1.54, 1.807) is 6.07 Å². The fourth-order valence-electron chi connectivity index (χ4n) is 2.60. The average Bonchev–Trinajstić information content (AvgIpc) is 2.46. The van der Waals surface area contributed by atoms with Crippen molar-refractivity contribution >= 4 is 22.4 Å². The summed E-state index contributed by atoms with van der Waals surface area (Å²) >= 11 is 0.971. The maximum atomic E-state index is 12.4. The lowest BCUT2D eigenvalue weighted by Crippen LogP contribution is -2.04. The summed E-state index contributed by atoms with van der Waals surface area (Å²) in [6, 6.07) is 4.80. The van der Waals surface area contributed by atoms with Gasteiger partial charge >= 0.3 is 0 Å². The Bertz CT molecular complexity index is 980. The number of pyridine rings is 1. The Kier molecular flexibility index (Phi) is 3.77. The maximum absolute atomic E-state index is 12.4. The minimum atomic E-state index is -0.138. The Morgan fingerprint density at radius 1 is 1.09 bits per heavy atom. The summed E-state index contributed by atoms with van der Waals surface area (Å²) in [6.07, 6.45) is 0.609. The van der Waals surface area contributed by atoms with Gasteiger partial charge in [-0.2, -0.15) is 0 Å². The van der Waals surface area contributed by atoms with Crippen molar-refractivity contribution in [2.45, 2.75) is 27.2 Å². The molecule has 2 aromatic heterocycles. The van der Waals surface area contributed by atoms with E-state index in [0.717, 1.165) is 22.6 Å². The molecule has 0 aliphatic rings. The monoisotopic (exact) mass is 328 g/mol. The van der Waals surface area contributed by atoms with Crippen LogP contribution in [-0.2, 0) is 6.42 Å². The fraction of sp³-hybridized carbons (Fsp3) is 0.235. The number of rotatable bonds is 2. The van der Waals surface area contributed by atoms with Crippen LogP contribution in [0.1, 0.15) is 23.7 Å². The molecule has 0 saturated carbocycles. The number of fused-ring (bicyclic) bond motifs is 1. The third-order valence-corrected chi connectivity index (χ3v) is 4.63. The molecule has 118 valence electrons. The third-order valence-electron chi connectivity index (χ3n) is 3.73. The molecule has 3 rings (SSSR count). The van der Waals surface area contributed by atoms with Crippen molar-refractivity contribution in [3.05, 3.63) is 44.6 Å². The van der Waals surface area contributed by atoms with E-state index >= 15 is 0 Å². The second-order valence-electron chi connectivity index (χ2n) is 5.44. The lowest BCUT2D eigenvalue weighted by molar-refractivity contribution is 0.447. The van der Waals surface area contributed by atoms with Crippen molar-refractivity contribution in [2.24, 2.45) is 0 Å². The highest BCUT2D eigenvalue weighted by atomic mass is 32.1. The summed E-state index contributed by atoms with van der Waals surface area (Å²) in [7, 11) is 0. The SMILES string of the molecule is CCc1cc(-c2nc3nc(C)cc(C)c3c(=O)s2)c(O)cc1O. The van der Waals surface area contributed by atoms with E-state index in [1.165, 1.54) is 6.07 Å². The minimum absolute atomic E-state index is 0.0340. The molecule has 6 heteroatoms. The Morgan fingerprint density at radius 2 is 1.83 bits per heavy atom. The van der Waals surface area contributed by atoms with Gasteiger partial charge in [0, 0.05) is 11.8 Å². The first-order valence-corrected chi connectivity index (χ1v) is 8.06. The predicted molar refractivity (Wildman–Crippen MR) is 91.3 cm³/mol. The molecule has 0 fully saturated rings. The highest BCUT2D eigenvalue weighted by Crippen LogP contribution is 2.35. The molecule has 0 amide bonds. The zero-order valence-electron chi connectivity index (χ0n) is 13.0. The molecular formula is C17H16N2O3S. The topological polar surface area (TPSA) is 83.3 Å². The highest BCUT2D eigenvalue weighted by molar-refractivity contribution is 7.13. The van der Waals surface area contributed by atoms with Crippen LogP contribution < -0.4 is 4.74 Å². The first-order valence-electron chi connectivity index (χ1n) is 7.25. The molecule has 3 aromatic rings. The van der Waals surface area contributed by atoms with Crippen molar-refractivity contribution in [3.8, 4) is 22.1 Å². The highest BCUT2D eigenvalue weighted by Gasteiger charge is 2.15. The summed E-state index contributed by atoms with van der Waals surface area (Å²) in [5, 5.41) is 20.8. The molecule has 23 heavy (non-hydrogen) atoms. The number of phenols is 2. The minimum Gasteiger partial charge on any atom is -0.508 e. The van der Waals surface area contributed by atoms with Crippen molar-refractivity contribution < 1.29 is 10.2 Å². The first kappa shape index (κ1) is 15.4. The second kappa shape index (κ2) is 5.62. The van der Waals surface area contributed by atoms with Gasteiger partial charge in [-0.1, -0.05) is 18.3 Å². The first-order chi connectivity index (χ1) is 10.9. The largest absolute Gasteiger partial charge is 0.508 e. The molecule has 0 aliphatic carbocycles. The van der Waals surface area contributed by atoms with Crippen LogP contribution >= 0.6 is 11.3 Å². The van der Waals surface area contributed by atoms with Gasteiger partial charge in [-0.15, -0.1) is 0 Å².